The topological polar surface area (TPSA) is 77.2 Å². The molecule has 16 heavy (non-hydrogen) atoms. The number of nitrogens with one attached hydrogen (secondary N) is 1. The van der Waals surface area contributed by atoms with E-state index in [1.807, 2.05) is 6.92 Å². The van der Waals surface area contributed by atoms with E-state index >= 15 is 0 Å². The first kappa shape index (κ1) is 14.1. The molecule has 2 rings (SSSR count). The summed E-state index contributed by atoms with van der Waals surface area (Å²) in [4.78, 5) is 14.9. The Morgan fingerprint density at radius 2 is 2.44 bits per heavy atom. The molecule has 0 aromatic carbocycles. The first-order valence-electron chi connectivity index (χ1n) is 4.78. The number of rotatable bonds is 2. The van der Waals surface area contributed by atoms with E-state index in [0.717, 1.165) is 6.42 Å². The van der Waals surface area contributed by atoms with Crippen LogP contribution in [-0.2, 0) is 9.47 Å². The van der Waals surface area contributed by atoms with E-state index < -0.39 is 11.9 Å². The predicted molar refractivity (Wildman–Crippen MR) is 52.6 cm³/mol. The van der Waals surface area contributed by atoms with Gasteiger partial charge in [-0.1, -0.05) is 12.7 Å². The largest absolute Gasteiger partial charge is 0.482 e. The number of ether oxygens (including phenoxy) is 2. The van der Waals surface area contributed by atoms with Crippen LogP contribution in [0.2, 0.25) is 0 Å². The first-order chi connectivity index (χ1) is 7.20. The van der Waals surface area contributed by atoms with E-state index in [0.29, 0.717) is 6.61 Å². The van der Waals surface area contributed by atoms with Crippen LogP contribution < -0.4 is 5.69 Å². The van der Waals surface area contributed by atoms with Crippen molar-refractivity contribution in [3.8, 4) is 0 Å². The van der Waals surface area contributed by atoms with E-state index in [2.05, 4.69) is 4.98 Å². The van der Waals surface area contributed by atoms with Crippen LogP contribution >= 0.6 is 0 Å². The maximum Gasteiger partial charge on any atom is 0.248 e. The molecule has 2 atom stereocenters. The predicted octanol–water partition coefficient (Wildman–Crippen LogP) is 1.21. The average Bonchev–Trinajstić information content (AvgIpc) is 2.66. The third kappa shape index (κ3) is 3.04. The van der Waals surface area contributed by atoms with Gasteiger partial charge in [0, 0.05) is 50.3 Å². The molecule has 0 bridgehead atoms. The third-order valence-corrected chi connectivity index (χ3v) is 2.21. The fourth-order valence-corrected chi connectivity index (χ4v) is 1.44. The molecule has 0 saturated carbocycles. The SMILES string of the molecule is CC[C@@H]1OC[C@H](n2ccc([NH-])nc2=O)O1.[Ac]. The number of hydrogen-bond donors (Lipinski definition) is 0. The maximum atomic E-state index is 11.4. The molecule has 85 valence electrons. The maximum absolute atomic E-state index is 11.4. The van der Waals surface area contributed by atoms with Crippen LogP contribution in [0.5, 0.6) is 0 Å². The summed E-state index contributed by atoms with van der Waals surface area (Å²) in [5, 5.41) is 0. The van der Waals surface area contributed by atoms with E-state index in [1.54, 1.807) is 0 Å². The minimum atomic E-state index is -0.479. The van der Waals surface area contributed by atoms with Gasteiger partial charge in [-0.3, -0.25) is 9.36 Å². The summed E-state index contributed by atoms with van der Waals surface area (Å²) in [5.74, 6) is -0.0396. The van der Waals surface area contributed by atoms with E-state index in [4.69, 9.17) is 15.2 Å². The molecule has 1 N–H and O–H groups in total. The number of nitrogens with zero attached hydrogens (tertiary/aromatic N) is 2. The fraction of sp³-hybridized carbons (Fsp3) is 0.556. The zero-order valence-electron chi connectivity index (χ0n) is 8.92. The van der Waals surface area contributed by atoms with Crippen LogP contribution in [0.4, 0.5) is 5.82 Å². The quantitative estimate of drug-likeness (QED) is 0.697. The van der Waals surface area contributed by atoms with Gasteiger partial charge in [-0.25, -0.2) is 0 Å². The van der Waals surface area contributed by atoms with Crippen LogP contribution in [-0.4, -0.2) is 22.4 Å². The molecule has 1 fully saturated rings. The summed E-state index contributed by atoms with van der Waals surface area (Å²) < 4.78 is 12.1. The van der Waals surface area contributed by atoms with E-state index in [-0.39, 0.29) is 56.2 Å². The Morgan fingerprint density at radius 3 is 3.00 bits per heavy atom. The third-order valence-electron chi connectivity index (χ3n) is 2.21. The van der Waals surface area contributed by atoms with Gasteiger partial charge in [-0.15, -0.1) is 0 Å². The first-order valence-corrected chi connectivity index (χ1v) is 4.78. The van der Waals surface area contributed by atoms with Crippen LogP contribution in [0.1, 0.15) is 19.6 Å². The van der Waals surface area contributed by atoms with Crippen molar-refractivity contribution in [3.63, 3.8) is 0 Å². The fourth-order valence-electron chi connectivity index (χ4n) is 1.44. The van der Waals surface area contributed by atoms with Crippen molar-refractivity contribution in [3.05, 3.63) is 28.5 Å². The van der Waals surface area contributed by atoms with Gasteiger partial charge in [0.15, 0.2) is 12.5 Å². The molecule has 1 aliphatic rings. The molecule has 2 heterocycles. The molecule has 1 aromatic rings. The van der Waals surface area contributed by atoms with Crippen LogP contribution in [0.15, 0.2) is 17.1 Å². The van der Waals surface area contributed by atoms with Crippen molar-refractivity contribution in [2.75, 3.05) is 6.61 Å². The molecule has 0 unspecified atom stereocenters. The average molecular weight is 437 g/mol. The van der Waals surface area contributed by atoms with Crippen molar-refractivity contribution >= 4 is 5.82 Å². The summed E-state index contributed by atoms with van der Waals surface area (Å²) in [5.41, 5.74) is 6.70. The van der Waals surface area contributed by atoms with Crippen LogP contribution in [0.25, 0.3) is 5.73 Å². The van der Waals surface area contributed by atoms with Gasteiger partial charge in [-0.2, -0.15) is 0 Å². The summed E-state index contributed by atoms with van der Waals surface area (Å²) in [6, 6.07) is 1.45. The molecule has 7 heteroatoms. The molecular formula is C9H12AcN3O3-. The Hall–Kier alpha value is 0.0416. The van der Waals surface area contributed by atoms with E-state index in [1.165, 1.54) is 16.8 Å². The van der Waals surface area contributed by atoms with Crippen LogP contribution in [0.3, 0.4) is 0 Å². The molecule has 0 spiro atoms. The summed E-state index contributed by atoms with van der Waals surface area (Å²) in [6.45, 7) is 2.29. The summed E-state index contributed by atoms with van der Waals surface area (Å²) >= 11 is 0. The standard InChI is InChI=1S/C9H13N3O3.Ac/c1-2-8-14-5-7(15-8)12-4-3-6(10)11-9(12)13;/h3-4,7-8H,2,5H2,1H3,(H2,10,11,13);/p-1/t7-,8-;/m1./s1. The van der Waals surface area contributed by atoms with Crippen LogP contribution in [0, 0.1) is 44.1 Å². The van der Waals surface area contributed by atoms with Crippen molar-refractivity contribution in [1.29, 1.82) is 0 Å². The molecule has 0 amide bonds. The number of aromatic nitrogens is 2. The van der Waals surface area contributed by atoms with Gasteiger partial charge in [0.25, 0.3) is 0 Å². The van der Waals surface area contributed by atoms with Gasteiger partial charge >= 0.3 is 0 Å². The smallest absolute Gasteiger partial charge is 0.248 e. The van der Waals surface area contributed by atoms with Crippen molar-refractivity contribution in [2.24, 2.45) is 0 Å². The molecule has 1 radical (unpaired) electrons. The molecule has 1 aromatic heterocycles. The molecule has 1 saturated heterocycles. The van der Waals surface area contributed by atoms with Crippen molar-refractivity contribution in [1.82, 2.24) is 9.55 Å². The normalized spacial score (nSPS) is 24.1. The Bertz CT molecular complexity index is 409. The Balaban J connectivity index is 0.00000128. The van der Waals surface area contributed by atoms with Crippen molar-refractivity contribution in [2.45, 2.75) is 25.9 Å². The van der Waals surface area contributed by atoms with Gasteiger partial charge < -0.3 is 20.2 Å². The monoisotopic (exact) mass is 437 g/mol. The second-order valence-electron chi connectivity index (χ2n) is 3.26. The minimum absolute atomic E-state index is 0. The second kappa shape index (κ2) is 6.10. The molecule has 1 aliphatic heterocycles. The van der Waals surface area contributed by atoms with Gasteiger partial charge in [0.05, 0.1) is 6.61 Å². The Labute approximate surface area is 129 Å². The van der Waals surface area contributed by atoms with E-state index in [9.17, 15) is 4.79 Å². The summed E-state index contributed by atoms with van der Waals surface area (Å²) in [7, 11) is 0. The Kier molecular flexibility index (Phi) is 5.38. The molecular weight excluding hydrogens is 425 g/mol. The number of hydrogen-bond acceptors (Lipinski definition) is 4. The molecule has 6 nitrogen and oxygen atoms in total. The Morgan fingerprint density at radius 1 is 1.69 bits per heavy atom. The second-order valence-corrected chi connectivity index (χ2v) is 3.26. The zero-order chi connectivity index (χ0) is 10.8. The minimum Gasteiger partial charge on any atom is -0.482 e. The van der Waals surface area contributed by atoms with Crippen molar-refractivity contribution < 1.29 is 53.5 Å². The molecule has 0 aliphatic carbocycles. The zero-order valence-corrected chi connectivity index (χ0v) is 13.7. The van der Waals surface area contributed by atoms with Gasteiger partial charge in [0.2, 0.25) is 5.69 Å². The summed E-state index contributed by atoms with van der Waals surface area (Å²) in [6.07, 6.45) is 1.58. The van der Waals surface area contributed by atoms with Gasteiger partial charge in [0.1, 0.15) is 0 Å². The van der Waals surface area contributed by atoms with Gasteiger partial charge in [-0.05, 0) is 12.5 Å².